The highest BCUT2D eigenvalue weighted by Gasteiger charge is 2.27. The van der Waals surface area contributed by atoms with Gasteiger partial charge in [-0.1, -0.05) is 356 Å². The number of nitrogens with one attached hydrogen (secondary N) is 1. The summed E-state index contributed by atoms with van der Waals surface area (Å²) in [5, 5.41) is 12.0. The summed E-state index contributed by atoms with van der Waals surface area (Å²) in [5.74, 6) is -2.58. The lowest BCUT2D eigenvalue weighted by atomic mass is 10.00. The molecule has 0 bridgehead atoms. The third-order valence-corrected chi connectivity index (χ3v) is 9.07. The quantitative estimate of drug-likeness (QED) is 0.0379. The molecule has 546 valence electrons. The third-order valence-electron chi connectivity index (χ3n) is 8.05. The van der Waals surface area contributed by atoms with Crippen molar-refractivity contribution in [3.8, 4) is 0 Å². The summed E-state index contributed by atoms with van der Waals surface area (Å²) >= 11 is 1.32. The van der Waals surface area contributed by atoms with E-state index >= 15 is 0 Å². The predicted molar refractivity (Wildman–Crippen MR) is 416 cm³/mol. The number of ether oxygens (including phenoxy) is 3. The van der Waals surface area contributed by atoms with E-state index < -0.39 is 48.3 Å². The molecular weight excluding hydrogens is 1030 g/mol. The lowest BCUT2D eigenvalue weighted by Crippen LogP contribution is -2.43. The zero-order chi connectivity index (χ0) is 35.1. The van der Waals surface area contributed by atoms with Gasteiger partial charge in [0.05, 0.1) is 32.1 Å². The van der Waals surface area contributed by atoms with Gasteiger partial charge in [-0.05, 0) is 19.3 Å². The third kappa shape index (κ3) is 154. The number of thioether (sulfide) groups is 1. The van der Waals surface area contributed by atoms with Crippen LogP contribution in [0.15, 0.2) is 0 Å². The molecule has 10 nitrogen and oxygen atoms in total. The maximum Gasteiger partial charge on any atom is 0.311 e. The van der Waals surface area contributed by atoms with Crippen molar-refractivity contribution in [2.24, 2.45) is 5.92 Å². The molecule has 81 heavy (non-hydrogen) atoms. The van der Waals surface area contributed by atoms with Crippen molar-refractivity contribution in [2.75, 3.05) is 31.8 Å². The topological polar surface area (TPSA) is 145 Å². The van der Waals surface area contributed by atoms with E-state index in [-0.39, 0.29) is 284 Å². The summed E-state index contributed by atoms with van der Waals surface area (Å²) in [6.45, 7) is 5.27. The fraction of sp³-hybridized carbons (Fsp3) is 0.929. The van der Waals surface area contributed by atoms with Crippen LogP contribution in [0.1, 0.15) is 402 Å². The highest BCUT2D eigenvalue weighted by molar-refractivity contribution is 7.99. The number of carbonyl (C=O) groups excluding carboxylic acids is 5. The minimum Gasteiger partial charge on any atom is -0.469 e. The van der Waals surface area contributed by atoms with E-state index in [4.69, 9.17) is 9.47 Å². The summed E-state index contributed by atoms with van der Waals surface area (Å²) < 4.78 is 15.8. The number of rotatable bonds is 32. The van der Waals surface area contributed by atoms with Crippen molar-refractivity contribution in [3.63, 3.8) is 0 Å². The fourth-order valence-corrected chi connectivity index (χ4v) is 6.12. The second-order valence-electron chi connectivity index (χ2n) is 12.4. The second kappa shape index (κ2) is 178. The molecule has 0 fully saturated rings. The van der Waals surface area contributed by atoms with Crippen LogP contribution in [0.25, 0.3) is 0 Å². The molecule has 2 N–H and O–H groups in total. The fourth-order valence-electron chi connectivity index (χ4n) is 5.25. The number of esters is 3. The van der Waals surface area contributed by atoms with Crippen molar-refractivity contribution in [1.82, 2.24) is 5.32 Å². The smallest absolute Gasteiger partial charge is 0.311 e. The second-order valence-corrected chi connectivity index (χ2v) is 13.6. The Morgan fingerprint density at radius 2 is 0.765 bits per heavy atom. The first-order chi connectivity index (χ1) is 22.7. The van der Waals surface area contributed by atoms with Gasteiger partial charge in [0.25, 0.3) is 0 Å². The Balaban J connectivity index is -0.0000000189. The van der Waals surface area contributed by atoms with Gasteiger partial charge in [-0.2, -0.15) is 11.8 Å². The van der Waals surface area contributed by atoms with Crippen molar-refractivity contribution < 1.29 is 43.3 Å². The minimum atomic E-state index is -0.997. The number of Topliss-reactive ketones (excluding diaryl/α,β-unsaturated/α-hetero) is 1. The lowest BCUT2D eigenvalue weighted by molar-refractivity contribution is -0.155. The van der Waals surface area contributed by atoms with E-state index in [9.17, 15) is 29.1 Å². The first kappa shape index (κ1) is 249. The van der Waals surface area contributed by atoms with Gasteiger partial charge in [-0.15, -0.1) is 0 Å². The normalized spacial score (nSPS) is 7.52. The molecule has 0 rings (SSSR count). The van der Waals surface area contributed by atoms with E-state index in [1.54, 1.807) is 0 Å². The standard InChI is InChI=1S/C36H65NO9S.34CH4/c1-5-7-9-11-13-14-16-17-19-21-31(46-34(41)22-20-18-15-12-10-8-6-2)26-35(42)45-23-24-47-28-32(37-29(3)39)33(40)25-30(27-38)36(43)44-4;;;;;;;;;;;;;;;;;;;;;;;;;;;;;;;;;;/h30-32,38H,5-28H2,1-4H3,(H,37,39);34*1H4/t30-,31+,32-;;;;;;;;;;;;;;;;;;;;;;;;;;;;;;;;;;/m0................................../s1. The van der Waals surface area contributed by atoms with E-state index in [1.165, 1.54) is 90.0 Å². The highest BCUT2D eigenvalue weighted by Crippen LogP contribution is 2.17. The average molecular weight is 1230 g/mol. The van der Waals surface area contributed by atoms with Crippen LogP contribution >= 0.6 is 11.8 Å². The maximum atomic E-state index is 12.7. The number of hydrogen-bond acceptors (Lipinski definition) is 10. The number of amides is 1. The Bertz CT molecular complexity index is 864. The molecule has 0 spiro atoms. The summed E-state index contributed by atoms with van der Waals surface area (Å²) in [6, 6.07) is -0.858. The molecule has 0 saturated carbocycles. The van der Waals surface area contributed by atoms with Crippen LogP contribution in [-0.2, 0) is 38.2 Å². The Labute approximate surface area is 539 Å². The molecule has 0 aliphatic carbocycles. The van der Waals surface area contributed by atoms with Crippen LogP contribution in [-0.4, -0.2) is 78.7 Å². The minimum absolute atomic E-state index is 0. The highest BCUT2D eigenvalue weighted by atomic mass is 32.2. The van der Waals surface area contributed by atoms with Gasteiger partial charge in [0.15, 0.2) is 5.78 Å². The lowest BCUT2D eigenvalue weighted by Gasteiger charge is -2.19. The van der Waals surface area contributed by atoms with Crippen molar-refractivity contribution >= 4 is 41.4 Å². The van der Waals surface area contributed by atoms with E-state index in [2.05, 4.69) is 23.9 Å². The van der Waals surface area contributed by atoms with E-state index in [0.29, 0.717) is 18.6 Å². The first-order valence-electron chi connectivity index (χ1n) is 18.1. The number of hydrogen-bond donors (Lipinski definition) is 2. The first-order valence-corrected chi connectivity index (χ1v) is 19.2. The molecule has 1 amide bonds. The molecule has 11 heteroatoms. The van der Waals surface area contributed by atoms with Crippen LogP contribution in [0.5, 0.6) is 0 Å². The molecule has 0 saturated heterocycles. The number of carbonyl (C=O) groups is 5. The van der Waals surface area contributed by atoms with Crippen LogP contribution in [0.3, 0.4) is 0 Å². The molecular formula is C70H201NO9S. The molecule has 0 unspecified atom stereocenters. The Kier molecular flexibility index (Phi) is 546. The number of aliphatic hydroxyl groups excluding tert-OH is 1. The molecule has 0 aliphatic rings. The van der Waals surface area contributed by atoms with Gasteiger partial charge in [0.1, 0.15) is 12.7 Å². The van der Waals surface area contributed by atoms with Crippen molar-refractivity contribution in [2.45, 2.75) is 414 Å². The van der Waals surface area contributed by atoms with Gasteiger partial charge < -0.3 is 24.6 Å². The molecule has 0 heterocycles. The van der Waals surface area contributed by atoms with Crippen LogP contribution in [0, 0.1) is 5.92 Å². The molecule has 0 aliphatic heterocycles. The molecule has 0 radical (unpaired) electrons. The predicted octanol–water partition coefficient (Wildman–Crippen LogP) is 28.5. The number of ketones is 1. The maximum absolute atomic E-state index is 12.7. The van der Waals surface area contributed by atoms with Crippen LogP contribution in [0.4, 0.5) is 0 Å². The van der Waals surface area contributed by atoms with Crippen molar-refractivity contribution in [1.29, 1.82) is 0 Å². The van der Waals surface area contributed by atoms with Gasteiger partial charge in [0.2, 0.25) is 5.91 Å². The molecule has 3 atom stereocenters. The van der Waals surface area contributed by atoms with Gasteiger partial charge in [-0.25, -0.2) is 0 Å². The summed E-state index contributed by atoms with van der Waals surface area (Å²) in [6.07, 6.45) is 18.7. The van der Waals surface area contributed by atoms with Gasteiger partial charge >= 0.3 is 17.9 Å². The largest absolute Gasteiger partial charge is 0.469 e. The summed E-state index contributed by atoms with van der Waals surface area (Å²) in [5.41, 5.74) is 0. The van der Waals surface area contributed by atoms with Crippen molar-refractivity contribution in [3.05, 3.63) is 0 Å². The Hall–Kier alpha value is -2.14. The van der Waals surface area contributed by atoms with Crippen LogP contribution < -0.4 is 5.32 Å². The van der Waals surface area contributed by atoms with Crippen LogP contribution in [0.2, 0.25) is 0 Å². The molecule has 0 aromatic carbocycles. The molecule has 0 aromatic rings. The number of unbranched alkanes of at least 4 members (excludes halogenated alkanes) is 14. The number of aliphatic hydroxyl groups is 1. The zero-order valence-electron chi connectivity index (χ0n) is 29.8. The molecule has 0 aromatic heterocycles. The van der Waals surface area contributed by atoms with Gasteiger partial charge in [0, 0.05) is 31.3 Å². The monoisotopic (exact) mass is 1230 g/mol. The Morgan fingerprint density at radius 1 is 0.444 bits per heavy atom. The number of methoxy groups -OCH3 is 1. The average Bonchev–Trinajstić information content (AvgIpc) is 3.04. The zero-order valence-corrected chi connectivity index (χ0v) is 30.6. The summed E-state index contributed by atoms with van der Waals surface area (Å²) in [4.78, 5) is 61.4. The van der Waals surface area contributed by atoms with Gasteiger partial charge in [-0.3, -0.25) is 24.0 Å². The SMILES string of the molecule is C.C.C.C.C.C.C.C.C.C.C.C.C.C.C.C.C.C.C.C.C.C.C.C.C.C.C.C.C.C.C.C.C.C.CCCCCCCCCCC[C@H](CC(=O)OCCSC[C@H](NC(C)=O)C(=O)C[C@@H](CO)C(=O)OC)OC(=O)CCCCCCCCC. The Morgan fingerprint density at radius 3 is 1.07 bits per heavy atom. The summed E-state index contributed by atoms with van der Waals surface area (Å²) in [7, 11) is 1.18. The van der Waals surface area contributed by atoms with E-state index in [1.807, 2.05) is 0 Å². The van der Waals surface area contributed by atoms with E-state index in [0.717, 1.165) is 38.5 Å².